The molecule has 0 heterocycles. The van der Waals surface area contributed by atoms with Crippen LogP contribution in [-0.4, -0.2) is 11.2 Å². The van der Waals surface area contributed by atoms with Crippen LogP contribution in [0.15, 0.2) is 0 Å². The van der Waals surface area contributed by atoms with Gasteiger partial charge in [0.25, 0.3) is 0 Å². The van der Waals surface area contributed by atoms with Gasteiger partial charge in [-0.2, -0.15) is 0 Å². The lowest BCUT2D eigenvalue weighted by Crippen LogP contribution is -2.17. The molecule has 0 aromatic rings. The lowest BCUT2D eigenvalue weighted by Gasteiger charge is -2.25. The molecular formula is C11H22O. The van der Waals surface area contributed by atoms with Crippen molar-refractivity contribution in [3.63, 3.8) is 0 Å². The molecule has 1 saturated carbocycles. The van der Waals surface area contributed by atoms with Gasteiger partial charge in [0.1, 0.15) is 0 Å². The van der Waals surface area contributed by atoms with Gasteiger partial charge in [0, 0.05) is 0 Å². The molecule has 0 saturated heterocycles. The Morgan fingerprint density at radius 2 is 1.75 bits per heavy atom. The van der Waals surface area contributed by atoms with Crippen LogP contribution in [0, 0.1) is 5.92 Å². The Balaban J connectivity index is 2.01. The number of hydrogen-bond acceptors (Lipinski definition) is 1. The summed E-state index contributed by atoms with van der Waals surface area (Å²) in [5.41, 5.74) is 0. The molecule has 1 nitrogen and oxygen atoms in total. The molecule has 0 aliphatic heterocycles. The third kappa shape index (κ3) is 3.57. The van der Waals surface area contributed by atoms with Crippen molar-refractivity contribution in [2.45, 2.75) is 64.4 Å². The summed E-state index contributed by atoms with van der Waals surface area (Å²) >= 11 is 0. The number of hydrogen-bond donors (Lipinski definition) is 1. The van der Waals surface area contributed by atoms with Gasteiger partial charge in [-0.3, -0.25) is 0 Å². The molecule has 0 atom stereocenters. The zero-order valence-electron chi connectivity index (χ0n) is 8.26. The Hall–Kier alpha value is -0.0400. The summed E-state index contributed by atoms with van der Waals surface area (Å²) in [5.74, 6) is 0.931. The van der Waals surface area contributed by atoms with E-state index >= 15 is 0 Å². The van der Waals surface area contributed by atoms with E-state index in [0.717, 1.165) is 18.8 Å². The largest absolute Gasteiger partial charge is 0.393 e. The smallest absolute Gasteiger partial charge is 0.0540 e. The highest BCUT2D eigenvalue weighted by Crippen LogP contribution is 2.28. The second kappa shape index (κ2) is 5.58. The average Bonchev–Trinajstić information content (AvgIpc) is 2.09. The highest BCUT2D eigenvalue weighted by Gasteiger charge is 2.18. The molecule has 0 aromatic heterocycles. The molecule has 0 unspecified atom stereocenters. The van der Waals surface area contributed by atoms with E-state index in [-0.39, 0.29) is 6.10 Å². The highest BCUT2D eigenvalue weighted by atomic mass is 16.3. The molecular weight excluding hydrogens is 148 g/mol. The molecule has 1 heteroatoms. The maximum Gasteiger partial charge on any atom is 0.0540 e. The maximum absolute atomic E-state index is 9.30. The highest BCUT2D eigenvalue weighted by molar-refractivity contribution is 4.71. The van der Waals surface area contributed by atoms with Gasteiger partial charge in [-0.25, -0.2) is 0 Å². The van der Waals surface area contributed by atoms with Crippen molar-refractivity contribution in [2.24, 2.45) is 5.92 Å². The summed E-state index contributed by atoms with van der Waals surface area (Å²) in [6.07, 6.45) is 10.2. The van der Waals surface area contributed by atoms with E-state index in [1.807, 2.05) is 0 Å². The summed E-state index contributed by atoms with van der Waals surface area (Å²) in [6, 6.07) is 0. The van der Waals surface area contributed by atoms with Crippen molar-refractivity contribution in [1.29, 1.82) is 0 Å². The summed E-state index contributed by atoms with van der Waals surface area (Å²) in [6.45, 7) is 2.25. The van der Waals surface area contributed by atoms with E-state index in [9.17, 15) is 5.11 Å². The van der Waals surface area contributed by atoms with Gasteiger partial charge in [0.05, 0.1) is 6.10 Å². The van der Waals surface area contributed by atoms with Crippen LogP contribution in [0.3, 0.4) is 0 Å². The number of aliphatic hydroxyl groups excluding tert-OH is 1. The van der Waals surface area contributed by atoms with Gasteiger partial charge in [-0.15, -0.1) is 0 Å². The van der Waals surface area contributed by atoms with E-state index in [1.54, 1.807) is 0 Å². The van der Waals surface area contributed by atoms with Crippen LogP contribution in [0.4, 0.5) is 0 Å². The number of rotatable bonds is 4. The number of aliphatic hydroxyl groups is 1. The van der Waals surface area contributed by atoms with Crippen molar-refractivity contribution >= 4 is 0 Å². The van der Waals surface area contributed by atoms with Crippen LogP contribution in [0.1, 0.15) is 58.3 Å². The Labute approximate surface area is 76.2 Å². The Morgan fingerprint density at radius 1 is 1.08 bits per heavy atom. The van der Waals surface area contributed by atoms with Crippen LogP contribution < -0.4 is 0 Å². The minimum atomic E-state index is 0.0208. The second-order valence-corrected chi connectivity index (χ2v) is 4.17. The Bertz CT molecular complexity index is 104. The summed E-state index contributed by atoms with van der Waals surface area (Å²) in [5, 5.41) is 9.30. The van der Waals surface area contributed by atoms with E-state index in [0.29, 0.717) is 0 Å². The molecule has 1 aliphatic rings. The van der Waals surface area contributed by atoms with Gasteiger partial charge < -0.3 is 5.11 Å². The standard InChI is InChI=1S/C11H22O/c1-2-3-4-5-10-6-8-11(12)9-7-10/h10-12H,2-9H2,1H3/t10-,11-. The van der Waals surface area contributed by atoms with Gasteiger partial charge in [0.15, 0.2) is 0 Å². The van der Waals surface area contributed by atoms with Gasteiger partial charge in [-0.05, 0) is 31.6 Å². The fraction of sp³-hybridized carbons (Fsp3) is 1.00. The van der Waals surface area contributed by atoms with Crippen LogP contribution in [0.5, 0.6) is 0 Å². The van der Waals surface area contributed by atoms with Gasteiger partial charge >= 0.3 is 0 Å². The van der Waals surface area contributed by atoms with E-state index in [4.69, 9.17) is 0 Å². The topological polar surface area (TPSA) is 20.2 Å². The fourth-order valence-corrected chi connectivity index (χ4v) is 2.12. The van der Waals surface area contributed by atoms with Crippen LogP contribution in [0.2, 0.25) is 0 Å². The number of unbranched alkanes of at least 4 members (excludes halogenated alkanes) is 2. The third-order valence-corrected chi connectivity index (χ3v) is 3.03. The fourth-order valence-electron chi connectivity index (χ4n) is 2.12. The minimum Gasteiger partial charge on any atom is -0.393 e. The molecule has 1 rings (SSSR count). The molecule has 0 radical (unpaired) electrons. The first-order valence-electron chi connectivity index (χ1n) is 5.51. The molecule has 1 fully saturated rings. The molecule has 0 aromatic carbocycles. The first-order valence-corrected chi connectivity index (χ1v) is 5.51. The third-order valence-electron chi connectivity index (χ3n) is 3.03. The molecule has 0 bridgehead atoms. The molecule has 12 heavy (non-hydrogen) atoms. The Kier molecular flexibility index (Phi) is 4.67. The van der Waals surface area contributed by atoms with Crippen molar-refractivity contribution in [2.75, 3.05) is 0 Å². The minimum absolute atomic E-state index is 0.0208. The van der Waals surface area contributed by atoms with E-state index < -0.39 is 0 Å². The quantitative estimate of drug-likeness (QED) is 0.643. The molecule has 1 N–H and O–H groups in total. The average molecular weight is 170 g/mol. The van der Waals surface area contributed by atoms with Gasteiger partial charge in [0.2, 0.25) is 0 Å². The van der Waals surface area contributed by atoms with Crippen LogP contribution >= 0.6 is 0 Å². The summed E-state index contributed by atoms with van der Waals surface area (Å²) in [7, 11) is 0. The maximum atomic E-state index is 9.30. The van der Waals surface area contributed by atoms with Crippen molar-refractivity contribution in [3.05, 3.63) is 0 Å². The SMILES string of the molecule is CCCCC[C@H]1CC[C@H](O)CC1. The van der Waals surface area contributed by atoms with E-state index in [2.05, 4.69) is 6.92 Å². The lowest BCUT2D eigenvalue weighted by molar-refractivity contribution is 0.106. The molecule has 1 aliphatic carbocycles. The molecule has 72 valence electrons. The van der Waals surface area contributed by atoms with Crippen LogP contribution in [-0.2, 0) is 0 Å². The summed E-state index contributed by atoms with van der Waals surface area (Å²) in [4.78, 5) is 0. The first kappa shape index (κ1) is 10.0. The zero-order valence-corrected chi connectivity index (χ0v) is 8.26. The van der Waals surface area contributed by atoms with Crippen molar-refractivity contribution in [3.8, 4) is 0 Å². The van der Waals surface area contributed by atoms with Crippen molar-refractivity contribution < 1.29 is 5.11 Å². The molecule has 0 amide bonds. The molecule has 0 spiro atoms. The predicted octanol–water partition coefficient (Wildman–Crippen LogP) is 3.12. The monoisotopic (exact) mass is 170 g/mol. The Morgan fingerprint density at radius 3 is 2.33 bits per heavy atom. The van der Waals surface area contributed by atoms with E-state index in [1.165, 1.54) is 38.5 Å². The first-order chi connectivity index (χ1) is 5.83. The normalized spacial score (nSPS) is 30.5. The van der Waals surface area contributed by atoms with Gasteiger partial charge in [-0.1, -0.05) is 32.6 Å². The van der Waals surface area contributed by atoms with Crippen LogP contribution in [0.25, 0.3) is 0 Å². The second-order valence-electron chi connectivity index (χ2n) is 4.17. The predicted molar refractivity (Wildman–Crippen MR) is 52.1 cm³/mol. The lowest BCUT2D eigenvalue weighted by atomic mass is 9.84. The van der Waals surface area contributed by atoms with Crippen molar-refractivity contribution in [1.82, 2.24) is 0 Å². The zero-order chi connectivity index (χ0) is 8.81. The summed E-state index contributed by atoms with van der Waals surface area (Å²) < 4.78 is 0.